The second-order valence-corrected chi connectivity index (χ2v) is 7.26. The van der Waals surface area contributed by atoms with Crippen LogP contribution in [0.4, 0.5) is 0 Å². The van der Waals surface area contributed by atoms with Crippen molar-refractivity contribution in [1.29, 1.82) is 0 Å². The summed E-state index contributed by atoms with van der Waals surface area (Å²) in [6, 6.07) is 8.39. The first-order valence-electron chi connectivity index (χ1n) is 7.40. The largest absolute Gasteiger partial charge is 0.458 e. The fraction of sp³-hybridized carbons (Fsp3) is 0.0556. The zero-order chi connectivity index (χ0) is 18.7. The maximum atomic E-state index is 12.1. The van der Waals surface area contributed by atoms with Gasteiger partial charge < -0.3 is 14.5 Å². The third-order valence-corrected chi connectivity index (χ3v) is 4.84. The number of hydrogen-bond acceptors (Lipinski definition) is 6. The van der Waals surface area contributed by atoms with Crippen molar-refractivity contribution in [3.05, 3.63) is 64.2 Å². The summed E-state index contributed by atoms with van der Waals surface area (Å²) in [5, 5.41) is 2.82. The summed E-state index contributed by atoms with van der Waals surface area (Å²) in [5.41, 5.74) is 0.891. The molecule has 5 nitrogen and oxygen atoms in total. The third-order valence-electron chi connectivity index (χ3n) is 3.35. The van der Waals surface area contributed by atoms with Gasteiger partial charge in [0.1, 0.15) is 22.4 Å². The van der Waals surface area contributed by atoms with E-state index in [2.05, 4.69) is 11.9 Å². The van der Waals surface area contributed by atoms with Crippen LogP contribution >= 0.6 is 35.6 Å². The van der Waals surface area contributed by atoms with Crippen molar-refractivity contribution in [3.63, 3.8) is 0 Å². The number of amides is 1. The van der Waals surface area contributed by atoms with E-state index in [0.29, 0.717) is 26.3 Å². The first-order valence-corrected chi connectivity index (χ1v) is 9.01. The molecular weight excluding hydrogens is 394 g/mol. The Kier molecular flexibility index (Phi) is 5.61. The van der Waals surface area contributed by atoms with Crippen molar-refractivity contribution in [2.75, 3.05) is 6.61 Å². The molecule has 2 heterocycles. The average Bonchev–Trinajstić information content (AvgIpc) is 3.20. The molecule has 0 spiro atoms. The zero-order valence-corrected chi connectivity index (χ0v) is 15.7. The monoisotopic (exact) mass is 405 g/mol. The number of thioether (sulfide) groups is 1. The first-order chi connectivity index (χ1) is 12.5. The molecule has 1 aliphatic rings. The lowest BCUT2D eigenvalue weighted by Crippen LogP contribution is -2.17. The van der Waals surface area contributed by atoms with Crippen LogP contribution in [0.5, 0.6) is 0 Å². The molecule has 1 fully saturated rings. The number of rotatable bonds is 5. The molecule has 1 aliphatic heterocycles. The molecule has 8 heteroatoms. The van der Waals surface area contributed by atoms with Crippen molar-refractivity contribution in [3.8, 4) is 11.3 Å². The summed E-state index contributed by atoms with van der Waals surface area (Å²) in [6.07, 6.45) is 3.09. The Morgan fingerprint density at radius 2 is 2.19 bits per heavy atom. The van der Waals surface area contributed by atoms with Crippen LogP contribution < -0.4 is 5.32 Å². The van der Waals surface area contributed by atoms with E-state index in [1.54, 1.807) is 36.4 Å². The molecule has 0 saturated carbocycles. The summed E-state index contributed by atoms with van der Waals surface area (Å²) < 4.78 is 11.2. The highest BCUT2D eigenvalue weighted by atomic mass is 35.5. The van der Waals surface area contributed by atoms with Gasteiger partial charge in [0.15, 0.2) is 0 Å². The molecule has 1 N–H and O–H groups in total. The van der Waals surface area contributed by atoms with E-state index in [1.165, 1.54) is 17.8 Å². The number of thiocarbonyl (C=S) groups is 1. The van der Waals surface area contributed by atoms with Crippen LogP contribution in [0.1, 0.15) is 16.1 Å². The van der Waals surface area contributed by atoms with Crippen molar-refractivity contribution >= 4 is 57.9 Å². The molecule has 1 amide bonds. The molecule has 0 atom stereocenters. The van der Waals surface area contributed by atoms with Crippen LogP contribution in [0.3, 0.4) is 0 Å². The van der Waals surface area contributed by atoms with E-state index in [-0.39, 0.29) is 23.1 Å². The normalized spacial score (nSPS) is 15.2. The van der Waals surface area contributed by atoms with Gasteiger partial charge in [0.05, 0.1) is 15.5 Å². The van der Waals surface area contributed by atoms with Gasteiger partial charge in [-0.1, -0.05) is 48.2 Å². The standard InChI is InChI=1S/C18H12ClNO4S2/c1-2-7-23-17(22)12-8-10(3-5-13(12)19)14-6-4-11(24-14)9-15-16(21)20-18(25)26-15/h2-6,8-9H,1,7H2,(H,20,21,25)/b15-9-. The van der Waals surface area contributed by atoms with Crippen LogP contribution in [-0.2, 0) is 9.53 Å². The molecule has 2 aromatic rings. The number of furan rings is 1. The molecule has 1 aromatic heterocycles. The highest BCUT2D eigenvalue weighted by Gasteiger charge is 2.22. The van der Waals surface area contributed by atoms with Gasteiger partial charge in [-0.3, -0.25) is 4.79 Å². The van der Waals surface area contributed by atoms with E-state index < -0.39 is 5.97 Å². The quantitative estimate of drug-likeness (QED) is 0.343. The number of benzene rings is 1. The van der Waals surface area contributed by atoms with Crippen molar-refractivity contribution in [1.82, 2.24) is 5.32 Å². The van der Waals surface area contributed by atoms with Gasteiger partial charge in [-0.25, -0.2) is 4.79 Å². The Morgan fingerprint density at radius 3 is 2.88 bits per heavy atom. The highest BCUT2D eigenvalue weighted by molar-refractivity contribution is 8.26. The van der Waals surface area contributed by atoms with Gasteiger partial charge in [0.25, 0.3) is 5.91 Å². The molecule has 1 saturated heterocycles. The Hall–Kier alpha value is -2.35. The summed E-state index contributed by atoms with van der Waals surface area (Å²) in [6.45, 7) is 3.60. The summed E-state index contributed by atoms with van der Waals surface area (Å²) >= 11 is 12.2. The molecule has 0 bridgehead atoms. The van der Waals surface area contributed by atoms with Crippen molar-refractivity contribution in [2.24, 2.45) is 0 Å². The Labute approximate surface area is 164 Å². The van der Waals surface area contributed by atoms with Crippen molar-refractivity contribution in [2.45, 2.75) is 0 Å². The second-order valence-electron chi connectivity index (χ2n) is 5.14. The van der Waals surface area contributed by atoms with Gasteiger partial charge in [0, 0.05) is 11.6 Å². The van der Waals surface area contributed by atoms with E-state index in [1.807, 2.05) is 0 Å². The van der Waals surface area contributed by atoms with Gasteiger partial charge >= 0.3 is 5.97 Å². The summed E-state index contributed by atoms with van der Waals surface area (Å²) in [7, 11) is 0. The molecule has 0 radical (unpaired) electrons. The van der Waals surface area contributed by atoms with E-state index in [0.717, 1.165) is 0 Å². The van der Waals surface area contributed by atoms with Crippen LogP contribution in [0.25, 0.3) is 17.4 Å². The molecule has 0 unspecified atom stereocenters. The van der Waals surface area contributed by atoms with Crippen LogP contribution in [0.15, 0.2) is 52.3 Å². The topological polar surface area (TPSA) is 68.5 Å². The van der Waals surface area contributed by atoms with Crippen LogP contribution in [-0.4, -0.2) is 22.8 Å². The molecule has 26 heavy (non-hydrogen) atoms. The smallest absolute Gasteiger partial charge is 0.339 e. The predicted molar refractivity (Wildman–Crippen MR) is 106 cm³/mol. The third kappa shape index (κ3) is 4.07. The molecule has 132 valence electrons. The number of nitrogens with one attached hydrogen (secondary N) is 1. The summed E-state index contributed by atoms with van der Waals surface area (Å²) in [4.78, 5) is 24.2. The maximum absolute atomic E-state index is 12.1. The lowest BCUT2D eigenvalue weighted by atomic mass is 10.1. The lowest BCUT2D eigenvalue weighted by Gasteiger charge is -2.06. The maximum Gasteiger partial charge on any atom is 0.339 e. The minimum atomic E-state index is -0.543. The number of carbonyl (C=O) groups is 2. The fourth-order valence-electron chi connectivity index (χ4n) is 2.18. The SMILES string of the molecule is C=CCOC(=O)c1cc(-c2ccc(/C=C3\SC(=S)NC3=O)o2)ccc1Cl. The number of esters is 1. The Balaban J connectivity index is 1.86. The molecular formula is C18H12ClNO4S2. The molecule has 0 aliphatic carbocycles. The fourth-order valence-corrected chi connectivity index (χ4v) is 3.40. The van der Waals surface area contributed by atoms with Gasteiger partial charge in [0.2, 0.25) is 0 Å². The van der Waals surface area contributed by atoms with Gasteiger partial charge in [-0.2, -0.15) is 0 Å². The van der Waals surface area contributed by atoms with Crippen LogP contribution in [0.2, 0.25) is 5.02 Å². The lowest BCUT2D eigenvalue weighted by molar-refractivity contribution is -0.115. The van der Waals surface area contributed by atoms with E-state index in [4.69, 9.17) is 33.0 Å². The minimum Gasteiger partial charge on any atom is -0.458 e. The highest BCUT2D eigenvalue weighted by Crippen LogP contribution is 2.30. The average molecular weight is 406 g/mol. The van der Waals surface area contributed by atoms with Gasteiger partial charge in [-0.05, 0) is 30.3 Å². The number of halogens is 1. The summed E-state index contributed by atoms with van der Waals surface area (Å²) in [5.74, 6) is 0.222. The molecule has 3 rings (SSSR count). The first kappa shape index (κ1) is 18.4. The van der Waals surface area contributed by atoms with Gasteiger partial charge in [-0.15, -0.1) is 0 Å². The number of hydrogen-bond donors (Lipinski definition) is 1. The number of ether oxygens (including phenoxy) is 1. The van der Waals surface area contributed by atoms with E-state index in [9.17, 15) is 9.59 Å². The zero-order valence-electron chi connectivity index (χ0n) is 13.3. The van der Waals surface area contributed by atoms with Crippen LogP contribution in [0, 0.1) is 0 Å². The Bertz CT molecular complexity index is 948. The van der Waals surface area contributed by atoms with E-state index >= 15 is 0 Å². The second kappa shape index (κ2) is 7.90. The number of carbonyl (C=O) groups excluding carboxylic acids is 2. The Morgan fingerprint density at radius 1 is 1.38 bits per heavy atom. The van der Waals surface area contributed by atoms with Crippen molar-refractivity contribution < 1.29 is 18.7 Å². The minimum absolute atomic E-state index is 0.0967. The predicted octanol–water partition coefficient (Wildman–Crippen LogP) is 4.43. The molecule has 1 aromatic carbocycles.